The van der Waals surface area contributed by atoms with Gasteiger partial charge in [0.05, 0.1) is 21.6 Å². The largest absolute Gasteiger partial charge is 0.288 e. The highest BCUT2D eigenvalue weighted by Crippen LogP contribution is 2.32. The van der Waals surface area contributed by atoms with Crippen LogP contribution in [0.3, 0.4) is 0 Å². The number of nitro benzene ring substituents is 2. The fourth-order valence-electron chi connectivity index (χ4n) is 2.34. The number of halogens is 2. The van der Waals surface area contributed by atoms with Gasteiger partial charge in [0, 0.05) is 11.1 Å². The maximum absolute atomic E-state index is 12.7. The number of ketones is 1. The zero-order valence-corrected chi connectivity index (χ0v) is 13.6. The molecule has 0 amide bonds. The van der Waals surface area contributed by atoms with E-state index >= 15 is 0 Å². The zero-order valence-electron chi connectivity index (χ0n) is 12.1. The van der Waals surface area contributed by atoms with Crippen molar-refractivity contribution < 1.29 is 14.6 Å². The van der Waals surface area contributed by atoms with Gasteiger partial charge in [-0.05, 0) is 12.1 Å². The van der Waals surface area contributed by atoms with Gasteiger partial charge in [-0.3, -0.25) is 25.0 Å². The van der Waals surface area contributed by atoms with Crippen molar-refractivity contribution in [2.24, 2.45) is 0 Å². The van der Waals surface area contributed by atoms with E-state index in [9.17, 15) is 25.0 Å². The van der Waals surface area contributed by atoms with Crippen LogP contribution in [0, 0.1) is 20.2 Å². The smallest absolute Gasteiger partial charge is 0.284 e. The molecule has 0 N–H and O–H groups in total. The lowest BCUT2D eigenvalue weighted by molar-refractivity contribution is -0.386. The highest BCUT2D eigenvalue weighted by atomic mass is 35.5. The van der Waals surface area contributed by atoms with E-state index in [0.29, 0.717) is 0 Å². The minimum absolute atomic E-state index is 0.156. The molecule has 0 bridgehead atoms. The normalized spacial score (nSPS) is 10.4. The summed E-state index contributed by atoms with van der Waals surface area (Å²) in [5, 5.41) is 22.6. The first kappa shape index (κ1) is 17.8. The fraction of sp³-hybridized carbons (Fsp3) is 0.133. The van der Waals surface area contributed by atoms with Gasteiger partial charge in [-0.25, -0.2) is 0 Å². The summed E-state index contributed by atoms with van der Waals surface area (Å²) in [5.41, 5.74) is -1.11. The second kappa shape index (κ2) is 7.37. The SMILES string of the molecule is O=C(c1cccc(CCl)c1[N+](=O)[O-])c1cccc(CCl)c1[N+](=O)[O-]. The predicted octanol–water partition coefficient (Wildman–Crippen LogP) is 4.21. The predicted molar refractivity (Wildman–Crippen MR) is 88.7 cm³/mol. The van der Waals surface area contributed by atoms with Crippen molar-refractivity contribution in [1.82, 2.24) is 0 Å². The van der Waals surface area contributed by atoms with E-state index in [1.165, 1.54) is 36.4 Å². The number of alkyl halides is 2. The van der Waals surface area contributed by atoms with Crippen LogP contribution in [0.25, 0.3) is 0 Å². The van der Waals surface area contributed by atoms with Crippen molar-refractivity contribution in [2.45, 2.75) is 11.8 Å². The number of para-hydroxylation sites is 2. The lowest BCUT2D eigenvalue weighted by Crippen LogP contribution is -2.10. The molecule has 2 aromatic carbocycles. The Kier molecular flexibility index (Phi) is 5.48. The molecule has 0 atom stereocenters. The first-order valence-corrected chi connectivity index (χ1v) is 7.68. The number of hydrogen-bond acceptors (Lipinski definition) is 5. The van der Waals surface area contributed by atoms with Crippen molar-refractivity contribution in [2.75, 3.05) is 0 Å². The van der Waals surface area contributed by atoms with Gasteiger partial charge < -0.3 is 0 Å². The average Bonchev–Trinajstić information content (AvgIpc) is 2.59. The number of hydrogen-bond donors (Lipinski definition) is 0. The van der Waals surface area contributed by atoms with Gasteiger partial charge in [-0.2, -0.15) is 0 Å². The van der Waals surface area contributed by atoms with Gasteiger partial charge in [0.1, 0.15) is 11.1 Å². The standard InChI is InChI=1S/C15H10Cl2N2O5/c16-7-9-3-1-5-11(13(9)18(21)22)15(20)12-6-2-4-10(8-17)14(12)19(23)24/h1-6H,7-8H2. The van der Waals surface area contributed by atoms with E-state index in [4.69, 9.17) is 23.2 Å². The Morgan fingerprint density at radius 3 is 1.50 bits per heavy atom. The summed E-state index contributed by atoms with van der Waals surface area (Å²) >= 11 is 11.4. The molecule has 0 aliphatic heterocycles. The van der Waals surface area contributed by atoms with E-state index in [0.717, 1.165) is 0 Å². The Balaban J connectivity index is 2.71. The lowest BCUT2D eigenvalue weighted by atomic mass is 9.96. The topological polar surface area (TPSA) is 103 Å². The molecular formula is C15H10Cl2N2O5. The molecule has 7 nitrogen and oxygen atoms in total. The van der Waals surface area contributed by atoms with Crippen LogP contribution in [0.2, 0.25) is 0 Å². The molecule has 124 valence electrons. The Hall–Kier alpha value is -2.51. The fourth-order valence-corrected chi connectivity index (χ4v) is 2.77. The van der Waals surface area contributed by atoms with Crippen LogP contribution >= 0.6 is 23.2 Å². The molecule has 0 aliphatic rings. The summed E-state index contributed by atoms with van der Waals surface area (Å²) in [5.74, 6) is -1.16. The number of carbonyl (C=O) groups excluding carboxylic acids is 1. The van der Waals surface area contributed by atoms with Crippen LogP contribution in [0.4, 0.5) is 11.4 Å². The van der Waals surface area contributed by atoms with Gasteiger partial charge >= 0.3 is 0 Å². The molecule has 0 aliphatic carbocycles. The summed E-state index contributed by atoms with van der Waals surface area (Å²) in [6.07, 6.45) is 0. The van der Waals surface area contributed by atoms with E-state index in [1.54, 1.807) is 0 Å². The quantitative estimate of drug-likeness (QED) is 0.328. The van der Waals surface area contributed by atoms with Crippen molar-refractivity contribution in [3.63, 3.8) is 0 Å². The molecular weight excluding hydrogens is 359 g/mol. The molecule has 0 spiro atoms. The maximum Gasteiger partial charge on any atom is 0.284 e. The van der Waals surface area contributed by atoms with Gasteiger partial charge in [0.25, 0.3) is 11.4 Å². The highest BCUT2D eigenvalue weighted by Gasteiger charge is 2.30. The molecule has 0 radical (unpaired) electrons. The molecule has 0 unspecified atom stereocenters. The monoisotopic (exact) mass is 368 g/mol. The van der Waals surface area contributed by atoms with E-state index in [2.05, 4.69) is 0 Å². The Labute approximate surface area is 146 Å². The van der Waals surface area contributed by atoms with Crippen LogP contribution < -0.4 is 0 Å². The van der Waals surface area contributed by atoms with Gasteiger partial charge in [-0.1, -0.05) is 24.3 Å². The van der Waals surface area contributed by atoms with Gasteiger partial charge in [0.2, 0.25) is 5.78 Å². The van der Waals surface area contributed by atoms with Crippen LogP contribution in [0.15, 0.2) is 36.4 Å². The van der Waals surface area contributed by atoms with Crippen LogP contribution in [0.1, 0.15) is 27.0 Å². The van der Waals surface area contributed by atoms with Crippen molar-refractivity contribution in [3.8, 4) is 0 Å². The first-order valence-electron chi connectivity index (χ1n) is 6.61. The first-order chi connectivity index (χ1) is 11.4. The molecule has 0 saturated carbocycles. The second-order valence-corrected chi connectivity index (χ2v) is 5.27. The minimum atomic E-state index is -0.827. The minimum Gasteiger partial charge on any atom is -0.288 e. The average molecular weight is 369 g/mol. The second-order valence-electron chi connectivity index (χ2n) is 4.74. The third-order valence-electron chi connectivity index (χ3n) is 3.38. The van der Waals surface area contributed by atoms with Crippen LogP contribution in [-0.4, -0.2) is 15.6 Å². The Morgan fingerprint density at radius 2 is 1.21 bits per heavy atom. The Morgan fingerprint density at radius 1 is 0.833 bits per heavy atom. The molecule has 0 fully saturated rings. The highest BCUT2D eigenvalue weighted by molar-refractivity contribution is 6.19. The summed E-state index contributed by atoms with van der Waals surface area (Å²) < 4.78 is 0. The van der Waals surface area contributed by atoms with Crippen molar-refractivity contribution in [1.29, 1.82) is 0 Å². The zero-order chi connectivity index (χ0) is 17.9. The van der Waals surface area contributed by atoms with Crippen molar-refractivity contribution in [3.05, 3.63) is 78.9 Å². The van der Waals surface area contributed by atoms with Crippen molar-refractivity contribution >= 4 is 40.4 Å². The molecule has 0 aromatic heterocycles. The number of rotatable bonds is 6. The molecule has 24 heavy (non-hydrogen) atoms. The number of nitrogens with zero attached hydrogens (tertiary/aromatic N) is 2. The maximum atomic E-state index is 12.7. The lowest BCUT2D eigenvalue weighted by Gasteiger charge is -2.08. The van der Waals surface area contributed by atoms with E-state index in [-0.39, 0.29) is 34.0 Å². The summed E-state index contributed by atoms with van der Waals surface area (Å²) in [4.78, 5) is 33.9. The van der Waals surface area contributed by atoms with Crippen LogP contribution in [-0.2, 0) is 11.8 Å². The third kappa shape index (κ3) is 3.22. The molecule has 9 heteroatoms. The van der Waals surface area contributed by atoms with E-state index < -0.39 is 27.0 Å². The summed E-state index contributed by atoms with van der Waals surface area (Å²) in [7, 11) is 0. The summed E-state index contributed by atoms with van der Waals surface area (Å²) in [6, 6.07) is 8.21. The van der Waals surface area contributed by atoms with Gasteiger partial charge in [0.15, 0.2) is 0 Å². The molecule has 2 aromatic rings. The van der Waals surface area contributed by atoms with Gasteiger partial charge in [-0.15, -0.1) is 23.2 Å². The molecule has 0 saturated heterocycles. The van der Waals surface area contributed by atoms with E-state index in [1.807, 2.05) is 0 Å². The third-order valence-corrected chi connectivity index (χ3v) is 3.96. The number of benzene rings is 2. The number of nitro groups is 2. The number of carbonyl (C=O) groups is 1. The van der Waals surface area contributed by atoms with Crippen LogP contribution in [0.5, 0.6) is 0 Å². The molecule has 0 heterocycles. The summed E-state index contributed by atoms with van der Waals surface area (Å²) in [6.45, 7) is 0. The Bertz CT molecular complexity index is 771. The molecule has 2 rings (SSSR count).